The van der Waals surface area contributed by atoms with Crippen LogP contribution in [0.5, 0.6) is 0 Å². The molecular formula is C18H19N7OS2. The number of nitrogens with zero attached hydrogens (tertiary/aromatic N) is 5. The molecule has 28 heavy (non-hydrogen) atoms. The molecule has 0 saturated carbocycles. The summed E-state index contributed by atoms with van der Waals surface area (Å²) in [4.78, 5) is 20.4. The lowest BCUT2D eigenvalue weighted by molar-refractivity contribution is -0.115. The Kier molecular flexibility index (Phi) is 5.49. The quantitative estimate of drug-likeness (QED) is 0.443. The van der Waals surface area contributed by atoms with Gasteiger partial charge in [0.1, 0.15) is 10.5 Å². The van der Waals surface area contributed by atoms with E-state index < -0.39 is 0 Å². The van der Waals surface area contributed by atoms with Gasteiger partial charge in [-0.3, -0.25) is 10.1 Å². The van der Waals surface area contributed by atoms with Crippen LogP contribution in [0.15, 0.2) is 29.4 Å². The van der Waals surface area contributed by atoms with Crippen LogP contribution >= 0.6 is 23.1 Å². The first-order valence-electron chi connectivity index (χ1n) is 9.09. The summed E-state index contributed by atoms with van der Waals surface area (Å²) in [5, 5.41) is 22.1. The van der Waals surface area contributed by atoms with Crippen LogP contribution in [-0.4, -0.2) is 41.5 Å². The summed E-state index contributed by atoms with van der Waals surface area (Å²) in [6.45, 7) is 4.04. The van der Waals surface area contributed by atoms with E-state index in [4.69, 9.17) is 0 Å². The largest absolute Gasteiger partial charge is 0.338 e. The molecule has 1 unspecified atom stereocenters. The fourth-order valence-electron chi connectivity index (χ4n) is 2.81. The van der Waals surface area contributed by atoms with Crippen molar-refractivity contribution in [2.75, 3.05) is 5.32 Å². The van der Waals surface area contributed by atoms with E-state index in [1.807, 2.05) is 31.2 Å². The Morgan fingerprint density at radius 3 is 2.89 bits per heavy atom. The third-order valence-electron chi connectivity index (χ3n) is 4.17. The van der Waals surface area contributed by atoms with Crippen LogP contribution in [0.4, 0.5) is 5.13 Å². The second-order valence-electron chi connectivity index (χ2n) is 6.22. The molecule has 1 aromatic carbocycles. The van der Waals surface area contributed by atoms with Gasteiger partial charge < -0.3 is 4.98 Å². The number of thioether (sulfide) groups is 1. The average molecular weight is 414 g/mol. The lowest BCUT2D eigenvalue weighted by Crippen LogP contribution is -2.24. The molecule has 0 aliphatic carbocycles. The highest BCUT2D eigenvalue weighted by Gasteiger charge is 2.22. The molecule has 0 bridgehead atoms. The number of carbonyl (C=O) groups excluding carboxylic acids is 1. The molecule has 0 radical (unpaired) electrons. The first-order chi connectivity index (χ1) is 13.7. The van der Waals surface area contributed by atoms with Crippen molar-refractivity contribution >= 4 is 56.2 Å². The number of nitrogens with one attached hydrogen (secondary N) is 2. The van der Waals surface area contributed by atoms with Gasteiger partial charge in [0.25, 0.3) is 0 Å². The van der Waals surface area contributed by atoms with E-state index in [-0.39, 0.29) is 11.2 Å². The number of aromatic nitrogens is 6. The summed E-state index contributed by atoms with van der Waals surface area (Å²) in [7, 11) is 0. The van der Waals surface area contributed by atoms with Crippen molar-refractivity contribution in [3.8, 4) is 0 Å². The Balaban J connectivity index is 1.50. The Hall–Kier alpha value is -2.59. The predicted octanol–water partition coefficient (Wildman–Crippen LogP) is 3.82. The van der Waals surface area contributed by atoms with Crippen LogP contribution < -0.4 is 5.32 Å². The summed E-state index contributed by atoms with van der Waals surface area (Å²) in [5.41, 5.74) is 2.36. The number of H-pyrrole nitrogens is 1. The van der Waals surface area contributed by atoms with Crippen molar-refractivity contribution in [1.29, 1.82) is 0 Å². The van der Waals surface area contributed by atoms with Crippen LogP contribution in [-0.2, 0) is 11.2 Å². The summed E-state index contributed by atoms with van der Waals surface area (Å²) in [6, 6.07) is 7.87. The maximum atomic E-state index is 12.6. The number of aromatic amines is 1. The third kappa shape index (κ3) is 3.83. The molecule has 1 atom stereocenters. The van der Waals surface area contributed by atoms with Crippen molar-refractivity contribution in [2.45, 2.75) is 43.5 Å². The highest BCUT2D eigenvalue weighted by atomic mass is 32.2. The van der Waals surface area contributed by atoms with Crippen molar-refractivity contribution in [1.82, 2.24) is 30.4 Å². The number of carbonyl (C=O) groups is 1. The zero-order chi connectivity index (χ0) is 19.5. The molecule has 3 aromatic heterocycles. The van der Waals surface area contributed by atoms with Crippen molar-refractivity contribution < 1.29 is 4.79 Å². The normalized spacial score (nSPS) is 12.5. The van der Waals surface area contributed by atoms with Crippen LogP contribution in [0.25, 0.3) is 22.1 Å². The minimum atomic E-state index is -0.345. The molecule has 2 N–H and O–H groups in total. The lowest BCUT2D eigenvalue weighted by Gasteiger charge is -2.11. The Morgan fingerprint density at radius 1 is 1.21 bits per heavy atom. The first kappa shape index (κ1) is 18.8. The van der Waals surface area contributed by atoms with E-state index in [1.165, 1.54) is 23.1 Å². The van der Waals surface area contributed by atoms with E-state index in [2.05, 4.69) is 42.6 Å². The van der Waals surface area contributed by atoms with E-state index >= 15 is 0 Å². The van der Waals surface area contributed by atoms with Crippen LogP contribution in [0, 0.1) is 0 Å². The smallest absolute Gasteiger partial charge is 0.239 e. The molecule has 1 amide bonds. The minimum Gasteiger partial charge on any atom is -0.338 e. The van der Waals surface area contributed by atoms with Crippen molar-refractivity contribution in [3.05, 3.63) is 29.3 Å². The van der Waals surface area contributed by atoms with Crippen LogP contribution in [0.3, 0.4) is 0 Å². The van der Waals surface area contributed by atoms with Crippen molar-refractivity contribution in [3.63, 3.8) is 0 Å². The number of rotatable bonds is 7. The van der Waals surface area contributed by atoms with Gasteiger partial charge in [-0.2, -0.15) is 0 Å². The molecule has 4 aromatic rings. The SMILES string of the molecule is CCCc1nnc(NC(=O)C(CC)Sc2nnc3c(n2)[nH]c2ccccc23)s1. The molecule has 0 aliphatic heterocycles. The number of anilines is 1. The second kappa shape index (κ2) is 8.19. The molecule has 4 rings (SSSR count). The summed E-state index contributed by atoms with van der Waals surface area (Å²) in [5.74, 6) is -0.132. The van der Waals surface area contributed by atoms with E-state index in [0.29, 0.717) is 22.4 Å². The van der Waals surface area contributed by atoms with Gasteiger partial charge >= 0.3 is 0 Å². The van der Waals surface area contributed by atoms with E-state index in [1.54, 1.807) is 0 Å². The fourth-order valence-corrected chi connectivity index (χ4v) is 4.47. The molecule has 0 aliphatic rings. The Morgan fingerprint density at radius 2 is 2.07 bits per heavy atom. The number of amides is 1. The van der Waals surface area contributed by atoms with Gasteiger partial charge in [-0.05, 0) is 18.9 Å². The zero-order valence-corrected chi connectivity index (χ0v) is 17.1. The van der Waals surface area contributed by atoms with Crippen LogP contribution in [0.2, 0.25) is 0 Å². The number of fused-ring (bicyclic) bond motifs is 3. The minimum absolute atomic E-state index is 0.132. The fraction of sp³-hybridized carbons (Fsp3) is 0.333. The van der Waals surface area contributed by atoms with Gasteiger partial charge in [0.2, 0.25) is 16.2 Å². The molecule has 8 nitrogen and oxygen atoms in total. The highest BCUT2D eigenvalue weighted by molar-refractivity contribution is 8.00. The molecule has 0 saturated heterocycles. The Labute approximate surface area is 169 Å². The van der Waals surface area contributed by atoms with Crippen molar-refractivity contribution in [2.24, 2.45) is 0 Å². The number of para-hydroxylation sites is 1. The maximum Gasteiger partial charge on any atom is 0.239 e. The standard InChI is InChI=1S/C18H19N7OS2/c1-3-7-13-22-24-18(28-13)21-16(26)12(4-2)27-17-20-15-14(23-25-17)10-8-5-6-9-11(10)19-15/h5-6,8-9,12H,3-4,7H2,1-2H3,(H,19,20,25)(H,21,24,26). The van der Waals surface area contributed by atoms with Gasteiger partial charge in [-0.25, -0.2) is 4.98 Å². The van der Waals surface area contributed by atoms with Gasteiger partial charge in [0.15, 0.2) is 5.65 Å². The molecular weight excluding hydrogens is 394 g/mol. The Bertz CT molecular complexity index is 1120. The predicted molar refractivity (Wildman–Crippen MR) is 112 cm³/mol. The van der Waals surface area contributed by atoms with Crippen LogP contribution in [0.1, 0.15) is 31.7 Å². The summed E-state index contributed by atoms with van der Waals surface area (Å²) >= 11 is 2.71. The molecule has 10 heteroatoms. The molecule has 144 valence electrons. The third-order valence-corrected chi connectivity index (χ3v) is 6.29. The van der Waals surface area contributed by atoms with E-state index in [9.17, 15) is 4.79 Å². The average Bonchev–Trinajstić information content (AvgIpc) is 3.29. The molecule has 3 heterocycles. The van der Waals surface area contributed by atoms with Gasteiger partial charge in [0, 0.05) is 17.3 Å². The zero-order valence-electron chi connectivity index (χ0n) is 15.5. The lowest BCUT2D eigenvalue weighted by atomic mass is 10.2. The monoisotopic (exact) mass is 413 g/mol. The highest BCUT2D eigenvalue weighted by Crippen LogP contribution is 2.27. The number of hydrogen-bond acceptors (Lipinski definition) is 8. The summed E-state index contributed by atoms with van der Waals surface area (Å²) in [6.07, 6.45) is 2.49. The molecule has 0 spiro atoms. The number of aryl methyl sites for hydroxylation is 1. The second-order valence-corrected chi connectivity index (χ2v) is 8.45. The maximum absolute atomic E-state index is 12.6. The van der Waals surface area contributed by atoms with Gasteiger partial charge in [-0.15, -0.1) is 20.4 Å². The topological polar surface area (TPSA) is 109 Å². The molecule has 0 fully saturated rings. The van der Waals surface area contributed by atoms with E-state index in [0.717, 1.165) is 34.3 Å². The number of hydrogen-bond donors (Lipinski definition) is 2. The summed E-state index contributed by atoms with van der Waals surface area (Å²) < 4.78 is 0. The van der Waals surface area contributed by atoms with Gasteiger partial charge in [-0.1, -0.05) is 55.1 Å². The van der Waals surface area contributed by atoms with Gasteiger partial charge in [0.05, 0.1) is 5.25 Å². The number of benzene rings is 1. The first-order valence-corrected chi connectivity index (χ1v) is 10.8.